The molecule has 4 N–H and O–H groups in total. The summed E-state index contributed by atoms with van der Waals surface area (Å²) >= 11 is 0. The number of carbonyl (C=O) groups excluding carboxylic acids is 1. The van der Waals surface area contributed by atoms with E-state index in [0.717, 1.165) is 18.5 Å². The molecule has 0 bridgehead atoms. The second-order valence-electron chi connectivity index (χ2n) is 5.14. The second-order valence-corrected chi connectivity index (χ2v) is 5.14. The number of rotatable bonds is 3. The Morgan fingerprint density at radius 1 is 1.47 bits per heavy atom. The first-order valence-corrected chi connectivity index (χ1v) is 6.38. The van der Waals surface area contributed by atoms with Crippen LogP contribution < -0.4 is 16.6 Å². The van der Waals surface area contributed by atoms with E-state index in [2.05, 4.69) is 15.7 Å². The van der Waals surface area contributed by atoms with Gasteiger partial charge < -0.3 is 15.5 Å². The van der Waals surface area contributed by atoms with E-state index in [1.807, 2.05) is 13.8 Å². The molecule has 1 aliphatic heterocycles. The van der Waals surface area contributed by atoms with Crippen LogP contribution in [0.2, 0.25) is 0 Å². The summed E-state index contributed by atoms with van der Waals surface area (Å²) in [6.45, 7) is 5.22. The molecular weight excluding hydrogens is 244 g/mol. The lowest BCUT2D eigenvalue weighted by Gasteiger charge is -2.34. The van der Waals surface area contributed by atoms with E-state index >= 15 is 0 Å². The van der Waals surface area contributed by atoms with Crippen LogP contribution in [0.25, 0.3) is 0 Å². The Kier molecular flexibility index (Phi) is 4.01. The average molecular weight is 264 g/mol. The van der Waals surface area contributed by atoms with Gasteiger partial charge in [-0.3, -0.25) is 15.6 Å². The fourth-order valence-corrected chi connectivity index (χ4v) is 2.15. The molecule has 0 saturated carbocycles. The van der Waals surface area contributed by atoms with Crippen molar-refractivity contribution in [2.24, 2.45) is 5.84 Å². The number of nitrogens with two attached hydrogens (primary N) is 1. The molecule has 0 aromatic carbocycles. The van der Waals surface area contributed by atoms with Crippen LogP contribution in [0.3, 0.4) is 0 Å². The predicted molar refractivity (Wildman–Crippen MR) is 72.7 cm³/mol. The molecule has 0 radical (unpaired) electrons. The van der Waals surface area contributed by atoms with Crippen LogP contribution in [-0.2, 0) is 4.74 Å². The number of hydrazine groups is 1. The maximum atomic E-state index is 12.3. The van der Waals surface area contributed by atoms with Gasteiger partial charge in [0.1, 0.15) is 0 Å². The summed E-state index contributed by atoms with van der Waals surface area (Å²) in [4.78, 5) is 16.5. The molecule has 1 saturated heterocycles. The van der Waals surface area contributed by atoms with Crippen LogP contribution >= 0.6 is 0 Å². The number of hydrogen-bond acceptors (Lipinski definition) is 5. The maximum absolute atomic E-state index is 12.3. The van der Waals surface area contributed by atoms with Crippen molar-refractivity contribution in [2.45, 2.75) is 32.2 Å². The highest BCUT2D eigenvalue weighted by molar-refractivity contribution is 5.99. The van der Waals surface area contributed by atoms with E-state index in [1.54, 1.807) is 12.3 Å². The zero-order valence-corrected chi connectivity index (χ0v) is 11.3. The van der Waals surface area contributed by atoms with E-state index in [-0.39, 0.29) is 11.4 Å². The zero-order valence-electron chi connectivity index (χ0n) is 11.3. The van der Waals surface area contributed by atoms with Crippen molar-refractivity contribution in [3.8, 4) is 0 Å². The topological polar surface area (TPSA) is 89.3 Å². The lowest BCUT2D eigenvalue weighted by Crippen LogP contribution is -2.49. The minimum atomic E-state index is -0.230. The molecule has 1 amide bonds. The molecule has 1 fully saturated rings. The van der Waals surface area contributed by atoms with Crippen LogP contribution in [0.15, 0.2) is 12.3 Å². The molecule has 2 heterocycles. The number of aryl methyl sites for hydroxylation is 1. The van der Waals surface area contributed by atoms with Crippen LogP contribution in [0, 0.1) is 6.92 Å². The molecule has 19 heavy (non-hydrogen) atoms. The lowest BCUT2D eigenvalue weighted by atomic mass is 9.92. The van der Waals surface area contributed by atoms with E-state index < -0.39 is 0 Å². The molecular formula is C13H20N4O2. The Morgan fingerprint density at radius 2 is 2.16 bits per heavy atom. The lowest BCUT2D eigenvalue weighted by molar-refractivity contribution is 0.0423. The molecule has 0 aliphatic carbocycles. The number of pyridine rings is 1. The van der Waals surface area contributed by atoms with Crippen molar-refractivity contribution < 1.29 is 9.53 Å². The maximum Gasteiger partial charge on any atom is 0.255 e. The largest absolute Gasteiger partial charge is 0.381 e. The molecule has 0 spiro atoms. The third-order valence-corrected chi connectivity index (χ3v) is 3.45. The van der Waals surface area contributed by atoms with Crippen molar-refractivity contribution in [3.63, 3.8) is 0 Å². The zero-order chi connectivity index (χ0) is 13.9. The van der Waals surface area contributed by atoms with E-state index in [4.69, 9.17) is 10.6 Å². The minimum Gasteiger partial charge on any atom is -0.381 e. The third-order valence-electron chi connectivity index (χ3n) is 3.45. The average Bonchev–Trinajstić information content (AvgIpc) is 2.38. The van der Waals surface area contributed by atoms with Gasteiger partial charge in [0.15, 0.2) is 0 Å². The number of carbonyl (C=O) groups is 1. The molecule has 1 aliphatic rings. The van der Waals surface area contributed by atoms with Crippen molar-refractivity contribution in [1.82, 2.24) is 10.3 Å². The number of aromatic nitrogens is 1. The Labute approximate surface area is 112 Å². The fraction of sp³-hybridized carbons (Fsp3) is 0.538. The van der Waals surface area contributed by atoms with Crippen LogP contribution in [0.4, 0.5) is 5.69 Å². The van der Waals surface area contributed by atoms with Crippen LogP contribution in [-0.4, -0.2) is 29.6 Å². The Morgan fingerprint density at radius 3 is 2.79 bits per heavy atom. The first-order valence-electron chi connectivity index (χ1n) is 6.38. The second kappa shape index (κ2) is 5.54. The smallest absolute Gasteiger partial charge is 0.255 e. The molecule has 6 nitrogen and oxygen atoms in total. The molecule has 1 aromatic heterocycles. The molecule has 0 unspecified atom stereocenters. The van der Waals surface area contributed by atoms with E-state index in [0.29, 0.717) is 24.5 Å². The summed E-state index contributed by atoms with van der Waals surface area (Å²) in [6.07, 6.45) is 3.16. The molecule has 6 heteroatoms. The number of nitrogens with zero attached hydrogens (tertiary/aromatic N) is 1. The van der Waals surface area contributed by atoms with Crippen LogP contribution in [0.5, 0.6) is 0 Å². The monoisotopic (exact) mass is 264 g/mol. The summed E-state index contributed by atoms with van der Waals surface area (Å²) in [6, 6.07) is 1.75. The number of amides is 1. The minimum absolute atomic E-state index is 0.162. The van der Waals surface area contributed by atoms with Crippen molar-refractivity contribution in [1.29, 1.82) is 0 Å². The molecule has 104 valence electrons. The van der Waals surface area contributed by atoms with Gasteiger partial charge in [0.25, 0.3) is 5.91 Å². The first-order chi connectivity index (χ1) is 9.04. The molecule has 0 atom stereocenters. The van der Waals surface area contributed by atoms with Gasteiger partial charge >= 0.3 is 0 Å². The van der Waals surface area contributed by atoms with Gasteiger partial charge in [-0.2, -0.15) is 0 Å². The number of nitrogen functional groups attached to an aromatic ring is 1. The van der Waals surface area contributed by atoms with Gasteiger partial charge in [-0.15, -0.1) is 0 Å². The summed E-state index contributed by atoms with van der Waals surface area (Å²) in [5, 5.41) is 3.05. The van der Waals surface area contributed by atoms with Gasteiger partial charge in [-0.25, -0.2) is 0 Å². The highest BCUT2D eigenvalue weighted by Crippen LogP contribution is 2.22. The van der Waals surface area contributed by atoms with E-state index in [1.165, 1.54) is 0 Å². The number of ether oxygens (including phenoxy) is 1. The third kappa shape index (κ3) is 3.21. The Hall–Kier alpha value is -1.66. The highest BCUT2D eigenvalue weighted by atomic mass is 16.5. The standard InChI is InChI=1S/C13H20N4O2/c1-9-7-11(17-14)10(8-15-9)12(18)16-13(2)3-5-19-6-4-13/h7-8H,3-6,14H2,1-2H3,(H,15,17)(H,16,18). The van der Waals surface area contributed by atoms with Crippen molar-refractivity contribution >= 4 is 11.6 Å². The van der Waals surface area contributed by atoms with Crippen molar-refractivity contribution in [3.05, 3.63) is 23.5 Å². The molecule has 2 rings (SSSR count). The highest BCUT2D eigenvalue weighted by Gasteiger charge is 2.30. The van der Waals surface area contributed by atoms with Crippen LogP contribution in [0.1, 0.15) is 35.8 Å². The quantitative estimate of drug-likeness (QED) is 0.559. The number of nitrogens with one attached hydrogen (secondary N) is 2. The number of anilines is 1. The Balaban J connectivity index is 2.15. The van der Waals surface area contributed by atoms with Gasteiger partial charge in [0.2, 0.25) is 0 Å². The first kappa shape index (κ1) is 13.8. The Bertz CT molecular complexity index is 470. The predicted octanol–water partition coefficient (Wildman–Crippen LogP) is 0.975. The normalized spacial score (nSPS) is 17.8. The van der Waals surface area contributed by atoms with Gasteiger partial charge in [-0.1, -0.05) is 0 Å². The van der Waals surface area contributed by atoms with Gasteiger partial charge in [0.05, 0.1) is 11.3 Å². The summed E-state index contributed by atoms with van der Waals surface area (Å²) in [5.74, 6) is 5.28. The van der Waals surface area contributed by atoms with E-state index in [9.17, 15) is 4.79 Å². The van der Waals surface area contributed by atoms with Crippen molar-refractivity contribution in [2.75, 3.05) is 18.6 Å². The van der Waals surface area contributed by atoms with Gasteiger partial charge in [-0.05, 0) is 32.8 Å². The van der Waals surface area contributed by atoms with Gasteiger partial charge in [0, 0.05) is 30.6 Å². The summed E-state index contributed by atoms with van der Waals surface area (Å²) in [7, 11) is 0. The number of hydrogen-bond donors (Lipinski definition) is 3. The molecule has 1 aromatic rings. The fourth-order valence-electron chi connectivity index (χ4n) is 2.15. The SMILES string of the molecule is Cc1cc(NN)c(C(=O)NC2(C)CCOCC2)cn1. The summed E-state index contributed by atoms with van der Waals surface area (Å²) in [5.41, 5.74) is 4.16. The summed E-state index contributed by atoms with van der Waals surface area (Å²) < 4.78 is 5.32.